The first kappa shape index (κ1) is 20.0. The maximum atomic E-state index is 11.7. The van der Waals surface area contributed by atoms with Crippen molar-refractivity contribution in [1.82, 2.24) is 5.32 Å². The highest BCUT2D eigenvalue weighted by atomic mass is 16.7. The zero-order chi connectivity index (χ0) is 17.9. The van der Waals surface area contributed by atoms with Crippen LogP contribution in [-0.2, 0) is 14.0 Å². The Morgan fingerprint density at radius 2 is 1.70 bits per heavy atom. The Balaban J connectivity index is 2.58. The van der Waals surface area contributed by atoms with E-state index in [-0.39, 0.29) is 18.3 Å². The van der Waals surface area contributed by atoms with Crippen molar-refractivity contribution in [2.24, 2.45) is 0 Å². The number of hydrogen-bond donors (Lipinski definition) is 1. The fourth-order valence-electron chi connectivity index (χ4n) is 2.20. The molecule has 1 rings (SSSR count). The van der Waals surface area contributed by atoms with E-state index in [1.165, 1.54) is 0 Å². The van der Waals surface area contributed by atoms with Crippen LogP contribution in [0.4, 0.5) is 4.79 Å². The van der Waals surface area contributed by atoms with Crippen LogP contribution in [0.1, 0.15) is 68.2 Å². The van der Waals surface area contributed by atoms with Crippen molar-refractivity contribution in [2.75, 3.05) is 6.54 Å². The maximum Gasteiger partial charge on any atom is 0.490 e. The van der Waals surface area contributed by atoms with Gasteiger partial charge in [-0.2, -0.15) is 0 Å². The molecule has 1 heterocycles. The molecule has 1 aliphatic heterocycles. The van der Waals surface area contributed by atoms with E-state index in [0.717, 1.165) is 11.9 Å². The molecule has 1 saturated heterocycles. The van der Waals surface area contributed by atoms with Crippen LogP contribution in [0.2, 0.25) is 0 Å². The third kappa shape index (κ3) is 5.85. The Morgan fingerprint density at radius 1 is 1.17 bits per heavy atom. The lowest BCUT2D eigenvalue weighted by Gasteiger charge is -2.32. The van der Waals surface area contributed by atoms with Crippen LogP contribution in [0.15, 0.2) is 11.5 Å². The fraction of sp³-hybridized carbons (Fsp3) is 0.824. The number of carbonyl (C=O) groups excluding carboxylic acids is 1. The van der Waals surface area contributed by atoms with Crippen molar-refractivity contribution < 1.29 is 18.8 Å². The first-order chi connectivity index (χ1) is 10.4. The second kappa shape index (κ2) is 7.26. The van der Waals surface area contributed by atoms with Crippen molar-refractivity contribution in [3.05, 3.63) is 11.5 Å². The highest BCUT2D eigenvalue weighted by molar-refractivity contribution is 6.54. The summed E-state index contributed by atoms with van der Waals surface area (Å²) in [6.07, 6.45) is 3.27. The highest BCUT2D eigenvalue weighted by Gasteiger charge is 2.52. The van der Waals surface area contributed by atoms with Crippen molar-refractivity contribution in [3.63, 3.8) is 0 Å². The summed E-state index contributed by atoms with van der Waals surface area (Å²) in [5.74, 6) is 0. The summed E-state index contributed by atoms with van der Waals surface area (Å²) in [7, 11) is -0.361. The van der Waals surface area contributed by atoms with Gasteiger partial charge >= 0.3 is 13.2 Å². The standard InChI is InChI=1S/C17H32BNO4/c1-9-10-13(11-12-19-14(20)21-15(2,3)4)18-22-16(5,6)17(7,8)23-18/h10H,9,11-12H2,1-8H3,(H,19,20)/b13-10+. The molecule has 23 heavy (non-hydrogen) atoms. The summed E-state index contributed by atoms with van der Waals surface area (Å²) >= 11 is 0. The Labute approximate surface area is 141 Å². The average molecular weight is 325 g/mol. The molecule has 0 bridgehead atoms. The molecule has 1 amide bonds. The van der Waals surface area contributed by atoms with Crippen molar-refractivity contribution in [1.29, 1.82) is 0 Å². The van der Waals surface area contributed by atoms with Gasteiger partial charge in [0, 0.05) is 6.54 Å². The minimum absolute atomic E-state index is 0.358. The number of rotatable bonds is 5. The van der Waals surface area contributed by atoms with Crippen LogP contribution < -0.4 is 5.32 Å². The molecular weight excluding hydrogens is 293 g/mol. The maximum absolute atomic E-state index is 11.7. The lowest BCUT2D eigenvalue weighted by atomic mass is 9.75. The lowest BCUT2D eigenvalue weighted by molar-refractivity contribution is 0.00578. The Hall–Kier alpha value is -1.01. The molecule has 0 saturated carbocycles. The third-order valence-electron chi connectivity index (χ3n) is 4.10. The van der Waals surface area contributed by atoms with Gasteiger partial charge in [-0.05, 0) is 66.8 Å². The number of amides is 1. The molecule has 0 unspecified atom stereocenters. The van der Waals surface area contributed by atoms with E-state index < -0.39 is 11.7 Å². The summed E-state index contributed by atoms with van der Waals surface area (Å²) in [5, 5.41) is 2.78. The van der Waals surface area contributed by atoms with Gasteiger partial charge in [-0.3, -0.25) is 0 Å². The first-order valence-electron chi connectivity index (χ1n) is 8.39. The van der Waals surface area contributed by atoms with Crippen molar-refractivity contribution in [2.45, 2.75) is 85.0 Å². The molecule has 6 heteroatoms. The van der Waals surface area contributed by atoms with Gasteiger partial charge in [-0.1, -0.05) is 13.0 Å². The molecule has 0 atom stereocenters. The SMILES string of the molecule is CC/C=C(\CCNC(=O)OC(C)(C)C)B1OC(C)(C)C(C)(C)O1. The van der Waals surface area contributed by atoms with Gasteiger partial charge in [-0.15, -0.1) is 0 Å². The van der Waals surface area contributed by atoms with Gasteiger partial charge in [-0.25, -0.2) is 4.79 Å². The Kier molecular flexibility index (Phi) is 6.33. The molecule has 0 aliphatic carbocycles. The van der Waals surface area contributed by atoms with Gasteiger partial charge in [0.25, 0.3) is 0 Å². The molecule has 1 fully saturated rings. The normalized spacial score (nSPS) is 20.5. The van der Waals surface area contributed by atoms with Gasteiger partial charge in [0.1, 0.15) is 5.60 Å². The topological polar surface area (TPSA) is 56.8 Å². The molecule has 0 aromatic heterocycles. The lowest BCUT2D eigenvalue weighted by Crippen LogP contribution is -2.41. The third-order valence-corrected chi connectivity index (χ3v) is 4.10. The predicted octanol–water partition coefficient (Wildman–Crippen LogP) is 3.87. The van der Waals surface area contributed by atoms with E-state index in [9.17, 15) is 4.79 Å². The number of alkyl carbamates (subject to hydrolysis) is 1. The number of hydrogen-bond acceptors (Lipinski definition) is 4. The molecule has 132 valence electrons. The monoisotopic (exact) mass is 325 g/mol. The second-order valence-electron chi connectivity index (χ2n) is 7.95. The van der Waals surface area contributed by atoms with Gasteiger partial charge in [0.15, 0.2) is 0 Å². The van der Waals surface area contributed by atoms with E-state index in [4.69, 9.17) is 14.0 Å². The summed E-state index contributed by atoms with van der Waals surface area (Å²) in [6, 6.07) is 0. The molecular formula is C17H32BNO4. The molecule has 0 aromatic rings. The molecule has 0 aromatic carbocycles. The highest BCUT2D eigenvalue weighted by Crippen LogP contribution is 2.39. The fourth-order valence-corrected chi connectivity index (χ4v) is 2.20. The smallest absolute Gasteiger partial charge is 0.444 e. The molecule has 0 radical (unpaired) electrons. The minimum Gasteiger partial charge on any atom is -0.444 e. The summed E-state index contributed by atoms with van der Waals surface area (Å²) in [6.45, 7) is 16.3. The number of allylic oxidation sites excluding steroid dienone is 1. The van der Waals surface area contributed by atoms with Gasteiger partial charge in [0.05, 0.1) is 11.2 Å². The van der Waals surface area contributed by atoms with Crippen LogP contribution in [0.3, 0.4) is 0 Å². The summed E-state index contributed by atoms with van der Waals surface area (Å²) in [4.78, 5) is 11.7. The molecule has 1 N–H and O–H groups in total. The Morgan fingerprint density at radius 3 is 2.13 bits per heavy atom. The van der Waals surface area contributed by atoms with E-state index in [1.54, 1.807) is 0 Å². The number of nitrogens with one attached hydrogen (secondary N) is 1. The van der Waals surface area contributed by atoms with Crippen molar-refractivity contribution >= 4 is 13.2 Å². The predicted molar refractivity (Wildman–Crippen MR) is 93.3 cm³/mol. The first-order valence-corrected chi connectivity index (χ1v) is 8.39. The number of carbonyl (C=O) groups is 1. The van der Waals surface area contributed by atoms with E-state index in [1.807, 2.05) is 48.5 Å². The quantitative estimate of drug-likeness (QED) is 0.780. The van der Waals surface area contributed by atoms with E-state index >= 15 is 0 Å². The molecule has 1 aliphatic rings. The van der Waals surface area contributed by atoms with Crippen LogP contribution in [0.5, 0.6) is 0 Å². The molecule has 5 nitrogen and oxygen atoms in total. The van der Waals surface area contributed by atoms with Crippen LogP contribution in [0.25, 0.3) is 0 Å². The number of ether oxygens (including phenoxy) is 1. The zero-order valence-electron chi connectivity index (χ0n) is 15.9. The van der Waals surface area contributed by atoms with Crippen molar-refractivity contribution in [3.8, 4) is 0 Å². The largest absolute Gasteiger partial charge is 0.490 e. The second-order valence-corrected chi connectivity index (χ2v) is 7.95. The summed E-state index contributed by atoms with van der Waals surface area (Å²) in [5.41, 5.74) is -0.147. The van der Waals surface area contributed by atoms with Gasteiger partial charge in [0.2, 0.25) is 0 Å². The minimum atomic E-state index is -0.488. The average Bonchev–Trinajstić information content (AvgIpc) is 2.55. The Bertz CT molecular complexity index is 436. The van der Waals surface area contributed by atoms with Crippen LogP contribution in [0, 0.1) is 0 Å². The van der Waals surface area contributed by atoms with E-state index in [2.05, 4.69) is 18.3 Å². The summed E-state index contributed by atoms with van der Waals surface area (Å²) < 4.78 is 17.4. The van der Waals surface area contributed by atoms with E-state index in [0.29, 0.717) is 13.0 Å². The zero-order valence-corrected chi connectivity index (χ0v) is 15.9. The van der Waals surface area contributed by atoms with Crippen LogP contribution >= 0.6 is 0 Å². The van der Waals surface area contributed by atoms with Gasteiger partial charge < -0.3 is 19.4 Å². The molecule has 0 spiro atoms. The van der Waals surface area contributed by atoms with Crippen LogP contribution in [-0.4, -0.2) is 36.6 Å².